The van der Waals surface area contributed by atoms with Gasteiger partial charge in [-0.1, -0.05) is 6.07 Å². The number of aryl methyl sites for hydroxylation is 1. The molecule has 1 atom stereocenters. The van der Waals surface area contributed by atoms with Crippen molar-refractivity contribution in [3.63, 3.8) is 0 Å². The van der Waals surface area contributed by atoms with Crippen molar-refractivity contribution in [3.8, 4) is 5.75 Å². The van der Waals surface area contributed by atoms with Gasteiger partial charge >= 0.3 is 0 Å². The van der Waals surface area contributed by atoms with Crippen molar-refractivity contribution in [1.29, 1.82) is 0 Å². The van der Waals surface area contributed by atoms with Gasteiger partial charge in [-0.2, -0.15) is 0 Å². The Morgan fingerprint density at radius 3 is 3.06 bits per heavy atom. The highest BCUT2D eigenvalue weighted by Crippen LogP contribution is 2.34. The molecule has 90 valence electrons. The monoisotopic (exact) mass is 233 g/mol. The van der Waals surface area contributed by atoms with E-state index in [1.54, 1.807) is 0 Å². The normalized spacial score (nSPS) is 21.7. The van der Waals surface area contributed by atoms with E-state index in [0.29, 0.717) is 13.0 Å². The topological polar surface area (TPSA) is 50.9 Å². The number of benzene rings is 1. The van der Waals surface area contributed by atoms with E-state index < -0.39 is 0 Å². The van der Waals surface area contributed by atoms with E-state index in [4.69, 9.17) is 9.47 Å². The zero-order chi connectivity index (χ0) is 11.8. The second-order valence-electron chi connectivity index (χ2n) is 4.55. The molecule has 0 bridgehead atoms. The number of nitrogens with one attached hydrogen (secondary N) is 1. The third-order valence-corrected chi connectivity index (χ3v) is 3.17. The van der Waals surface area contributed by atoms with E-state index >= 15 is 0 Å². The number of hydrogen-bond donors (Lipinski definition) is 1. The molecule has 0 spiro atoms. The maximum Gasteiger partial charge on any atom is 0.224 e. The van der Waals surface area contributed by atoms with Crippen LogP contribution in [0.25, 0.3) is 0 Å². The van der Waals surface area contributed by atoms with Crippen LogP contribution >= 0.6 is 0 Å². The van der Waals surface area contributed by atoms with Gasteiger partial charge in [0, 0.05) is 12.0 Å². The van der Waals surface area contributed by atoms with Gasteiger partial charge in [0.25, 0.3) is 0 Å². The average molecular weight is 233 g/mol. The molecule has 1 saturated heterocycles. The summed E-state index contributed by atoms with van der Waals surface area (Å²) in [5.41, 5.74) is 3.13. The summed E-state index contributed by atoms with van der Waals surface area (Å²) in [4.78, 5) is 11.4. The van der Waals surface area contributed by atoms with Crippen LogP contribution in [0.2, 0.25) is 0 Å². The molecule has 4 nitrogen and oxygen atoms in total. The zero-order valence-electron chi connectivity index (χ0n) is 9.79. The Bertz CT molecular complexity index is 466. The molecule has 1 aromatic rings. The van der Waals surface area contributed by atoms with E-state index in [-0.39, 0.29) is 12.0 Å². The predicted molar refractivity (Wildman–Crippen MR) is 63.4 cm³/mol. The second kappa shape index (κ2) is 4.04. The van der Waals surface area contributed by atoms with Crippen LogP contribution in [0.4, 0.5) is 5.69 Å². The van der Waals surface area contributed by atoms with Gasteiger partial charge in [-0.25, -0.2) is 0 Å². The standard InChI is InChI=1S/C13H15NO3/c1-8-2-4-11(17-7-9-6-16-9)10-3-5-12(15)14-13(8)10/h2,4,9H,3,5-7H2,1H3,(H,14,15). The van der Waals surface area contributed by atoms with Gasteiger partial charge in [-0.05, 0) is 25.0 Å². The molecule has 2 heterocycles. The second-order valence-corrected chi connectivity index (χ2v) is 4.55. The number of carbonyl (C=O) groups is 1. The first kappa shape index (κ1) is 10.6. The van der Waals surface area contributed by atoms with Crippen LogP contribution in [0.1, 0.15) is 17.5 Å². The van der Waals surface area contributed by atoms with Gasteiger partial charge in [0.2, 0.25) is 5.91 Å². The molecule has 2 aliphatic rings. The summed E-state index contributed by atoms with van der Waals surface area (Å²) in [5, 5.41) is 2.92. The fraction of sp³-hybridized carbons (Fsp3) is 0.462. The molecule has 1 fully saturated rings. The van der Waals surface area contributed by atoms with Crippen LogP contribution in [0.5, 0.6) is 5.75 Å². The van der Waals surface area contributed by atoms with Crippen molar-refractivity contribution < 1.29 is 14.3 Å². The summed E-state index contributed by atoms with van der Waals surface area (Å²) in [7, 11) is 0. The lowest BCUT2D eigenvalue weighted by Crippen LogP contribution is -2.21. The van der Waals surface area contributed by atoms with Gasteiger partial charge in [0.05, 0.1) is 12.3 Å². The van der Waals surface area contributed by atoms with Crippen molar-refractivity contribution >= 4 is 11.6 Å². The molecule has 0 radical (unpaired) electrons. The summed E-state index contributed by atoms with van der Waals surface area (Å²) in [6, 6.07) is 3.96. The van der Waals surface area contributed by atoms with Crippen molar-refractivity contribution in [2.24, 2.45) is 0 Å². The third-order valence-electron chi connectivity index (χ3n) is 3.17. The number of epoxide rings is 1. The van der Waals surface area contributed by atoms with Crippen LogP contribution in [-0.2, 0) is 16.0 Å². The average Bonchev–Trinajstić information content (AvgIpc) is 3.13. The van der Waals surface area contributed by atoms with Crippen molar-refractivity contribution in [1.82, 2.24) is 0 Å². The van der Waals surface area contributed by atoms with Crippen LogP contribution in [0.3, 0.4) is 0 Å². The minimum Gasteiger partial charge on any atom is -0.490 e. The number of carbonyl (C=O) groups excluding carboxylic acids is 1. The van der Waals surface area contributed by atoms with Gasteiger partial charge in [0.1, 0.15) is 18.5 Å². The van der Waals surface area contributed by atoms with E-state index in [2.05, 4.69) is 5.32 Å². The van der Waals surface area contributed by atoms with Crippen molar-refractivity contribution in [2.45, 2.75) is 25.9 Å². The SMILES string of the molecule is Cc1ccc(OCC2CO2)c2c1NC(=O)CC2. The van der Waals surface area contributed by atoms with Crippen molar-refractivity contribution in [2.75, 3.05) is 18.5 Å². The molecule has 4 heteroatoms. The largest absolute Gasteiger partial charge is 0.490 e. The highest BCUT2D eigenvalue weighted by atomic mass is 16.6. The quantitative estimate of drug-likeness (QED) is 0.808. The number of hydrogen-bond acceptors (Lipinski definition) is 3. The van der Waals surface area contributed by atoms with Gasteiger partial charge in [0.15, 0.2) is 0 Å². The number of rotatable bonds is 3. The molecule has 2 aliphatic heterocycles. The fourth-order valence-electron chi connectivity index (χ4n) is 2.09. The first-order valence-electron chi connectivity index (χ1n) is 5.91. The summed E-state index contributed by atoms with van der Waals surface area (Å²) < 4.78 is 10.9. The van der Waals surface area contributed by atoms with Crippen LogP contribution in [0, 0.1) is 6.92 Å². The molecule has 1 N–H and O–H groups in total. The Labute approximate surface area is 99.9 Å². The fourth-order valence-corrected chi connectivity index (χ4v) is 2.09. The van der Waals surface area contributed by atoms with Crippen LogP contribution in [-0.4, -0.2) is 25.2 Å². The van der Waals surface area contributed by atoms with Gasteiger partial charge in [-0.3, -0.25) is 4.79 Å². The molecular weight excluding hydrogens is 218 g/mol. The first-order valence-corrected chi connectivity index (χ1v) is 5.91. The summed E-state index contributed by atoms with van der Waals surface area (Å²) in [6.07, 6.45) is 1.54. The maximum atomic E-state index is 11.4. The van der Waals surface area contributed by atoms with E-state index in [1.165, 1.54) is 0 Å². The van der Waals surface area contributed by atoms with Gasteiger partial charge < -0.3 is 14.8 Å². The highest BCUT2D eigenvalue weighted by molar-refractivity contribution is 5.95. The Morgan fingerprint density at radius 1 is 1.47 bits per heavy atom. The smallest absolute Gasteiger partial charge is 0.224 e. The highest BCUT2D eigenvalue weighted by Gasteiger charge is 2.25. The molecule has 0 aliphatic carbocycles. The third kappa shape index (κ3) is 2.13. The van der Waals surface area contributed by atoms with E-state index in [1.807, 2.05) is 19.1 Å². The Morgan fingerprint density at radius 2 is 2.29 bits per heavy atom. The minimum absolute atomic E-state index is 0.0864. The number of anilines is 1. The molecule has 3 rings (SSSR count). The molecule has 1 amide bonds. The van der Waals surface area contributed by atoms with Gasteiger partial charge in [-0.15, -0.1) is 0 Å². The summed E-state index contributed by atoms with van der Waals surface area (Å²) in [5.74, 6) is 0.962. The molecule has 1 unspecified atom stereocenters. The summed E-state index contributed by atoms with van der Waals surface area (Å²) in [6.45, 7) is 3.40. The lowest BCUT2D eigenvalue weighted by Gasteiger charge is -2.21. The van der Waals surface area contributed by atoms with E-state index in [9.17, 15) is 4.79 Å². The Hall–Kier alpha value is -1.55. The van der Waals surface area contributed by atoms with Crippen molar-refractivity contribution in [3.05, 3.63) is 23.3 Å². The van der Waals surface area contributed by atoms with E-state index in [0.717, 1.165) is 35.6 Å². The number of amides is 1. The number of fused-ring (bicyclic) bond motifs is 1. The maximum absolute atomic E-state index is 11.4. The molecule has 0 saturated carbocycles. The predicted octanol–water partition coefficient (Wildman–Crippen LogP) is 1.66. The molecular formula is C13H15NO3. The Kier molecular flexibility index (Phi) is 2.52. The van der Waals surface area contributed by atoms with Crippen LogP contribution < -0.4 is 10.1 Å². The Balaban J connectivity index is 1.87. The first-order chi connectivity index (χ1) is 8.24. The lowest BCUT2D eigenvalue weighted by molar-refractivity contribution is -0.116. The van der Waals surface area contributed by atoms with Crippen LogP contribution in [0.15, 0.2) is 12.1 Å². The molecule has 1 aromatic carbocycles. The number of ether oxygens (including phenoxy) is 2. The molecule has 0 aromatic heterocycles. The lowest BCUT2D eigenvalue weighted by atomic mass is 9.98. The summed E-state index contributed by atoms with van der Waals surface area (Å²) >= 11 is 0. The molecule has 17 heavy (non-hydrogen) atoms. The minimum atomic E-state index is 0.0864. The zero-order valence-corrected chi connectivity index (χ0v) is 9.79.